The molecule has 2 amide bonds. The first-order valence-electron chi connectivity index (χ1n) is 9.16. The molecule has 0 aromatic heterocycles. The van der Waals surface area contributed by atoms with Gasteiger partial charge in [0.25, 0.3) is 11.8 Å². The lowest BCUT2D eigenvalue weighted by molar-refractivity contribution is -0.148. The molecule has 3 aromatic carbocycles. The van der Waals surface area contributed by atoms with Gasteiger partial charge in [0.05, 0.1) is 12.0 Å². The van der Waals surface area contributed by atoms with Crippen LogP contribution >= 0.6 is 0 Å². The summed E-state index contributed by atoms with van der Waals surface area (Å²) < 4.78 is 18.4. The van der Waals surface area contributed by atoms with Crippen LogP contribution in [0.25, 0.3) is 11.1 Å². The number of nitrogens with one attached hydrogen (secondary N) is 2. The summed E-state index contributed by atoms with van der Waals surface area (Å²) in [4.78, 5) is 35.5. The number of amides is 2. The molecule has 3 aromatic rings. The van der Waals surface area contributed by atoms with Gasteiger partial charge in [-0.3, -0.25) is 25.2 Å². The fourth-order valence-corrected chi connectivity index (χ4v) is 2.68. The fourth-order valence-electron chi connectivity index (χ4n) is 2.68. The molecule has 152 valence electrons. The average molecular weight is 406 g/mol. The molecule has 6 nitrogen and oxygen atoms in total. The minimum absolute atomic E-state index is 0.00390. The molecule has 30 heavy (non-hydrogen) atoms. The Labute approximate surface area is 172 Å². The van der Waals surface area contributed by atoms with Gasteiger partial charge in [-0.15, -0.1) is 0 Å². The van der Waals surface area contributed by atoms with E-state index in [0.717, 1.165) is 22.8 Å². The molecular formula is C23H19FN2O4. The van der Waals surface area contributed by atoms with E-state index in [2.05, 4.69) is 10.9 Å². The molecule has 0 saturated carbocycles. The van der Waals surface area contributed by atoms with Gasteiger partial charge in [0.1, 0.15) is 5.82 Å². The highest BCUT2D eigenvalue weighted by Gasteiger charge is 2.13. The zero-order chi connectivity index (χ0) is 21.3. The van der Waals surface area contributed by atoms with Crippen LogP contribution in [0.1, 0.15) is 15.9 Å². The smallest absolute Gasteiger partial charge is 0.310 e. The summed E-state index contributed by atoms with van der Waals surface area (Å²) >= 11 is 0. The first kappa shape index (κ1) is 20.7. The molecule has 0 spiro atoms. The van der Waals surface area contributed by atoms with Crippen LogP contribution in [-0.4, -0.2) is 24.4 Å². The first-order valence-corrected chi connectivity index (χ1v) is 9.16. The van der Waals surface area contributed by atoms with Gasteiger partial charge in [0, 0.05) is 0 Å². The second kappa shape index (κ2) is 9.97. The number of ether oxygens (including phenoxy) is 1. The number of rotatable bonds is 6. The van der Waals surface area contributed by atoms with Gasteiger partial charge in [-0.2, -0.15) is 0 Å². The van der Waals surface area contributed by atoms with Gasteiger partial charge in [-0.1, -0.05) is 66.7 Å². The molecule has 2 N–H and O–H groups in total. The van der Waals surface area contributed by atoms with E-state index in [0.29, 0.717) is 0 Å². The highest BCUT2D eigenvalue weighted by molar-refractivity contribution is 5.95. The summed E-state index contributed by atoms with van der Waals surface area (Å²) in [7, 11) is 0. The largest absolute Gasteiger partial charge is 0.455 e. The quantitative estimate of drug-likeness (QED) is 0.487. The third-order valence-electron chi connectivity index (χ3n) is 4.21. The molecule has 0 aliphatic heterocycles. The lowest BCUT2D eigenvalue weighted by Gasteiger charge is -2.09. The number of carbonyl (C=O) groups is 3. The Morgan fingerprint density at radius 3 is 2.10 bits per heavy atom. The van der Waals surface area contributed by atoms with Crippen molar-refractivity contribution in [3.63, 3.8) is 0 Å². The lowest BCUT2D eigenvalue weighted by Crippen LogP contribution is -2.43. The van der Waals surface area contributed by atoms with Crippen molar-refractivity contribution in [2.45, 2.75) is 6.42 Å². The summed E-state index contributed by atoms with van der Waals surface area (Å²) in [6.07, 6.45) is 0.00390. The topological polar surface area (TPSA) is 84.5 Å². The standard InChI is InChI=1S/C23H19FN2O4/c24-20-9-5-4-8-19(20)23(29)26-25-21(27)15-30-22(28)14-16-10-12-18(13-11-16)17-6-2-1-3-7-17/h1-13H,14-15H2,(H,25,27)(H,26,29). The van der Waals surface area contributed by atoms with Gasteiger partial charge in [0.15, 0.2) is 6.61 Å². The van der Waals surface area contributed by atoms with Crippen LogP contribution in [0, 0.1) is 5.82 Å². The summed E-state index contributed by atoms with van der Waals surface area (Å²) in [6.45, 7) is -0.571. The van der Waals surface area contributed by atoms with Crippen molar-refractivity contribution >= 4 is 17.8 Å². The Kier molecular flexibility index (Phi) is 6.89. The highest BCUT2D eigenvalue weighted by atomic mass is 19.1. The molecule has 0 atom stereocenters. The number of esters is 1. The number of carbonyl (C=O) groups excluding carboxylic acids is 3. The minimum atomic E-state index is -0.814. The monoisotopic (exact) mass is 406 g/mol. The van der Waals surface area contributed by atoms with Crippen LogP contribution in [0.4, 0.5) is 4.39 Å². The van der Waals surface area contributed by atoms with Gasteiger partial charge in [0.2, 0.25) is 0 Å². The fraction of sp³-hybridized carbons (Fsp3) is 0.0870. The Balaban J connectivity index is 1.42. The SMILES string of the molecule is O=C(COC(=O)Cc1ccc(-c2ccccc2)cc1)NNC(=O)c1ccccc1F. The predicted molar refractivity (Wildman–Crippen MR) is 109 cm³/mol. The van der Waals surface area contributed by atoms with Crippen molar-refractivity contribution in [1.82, 2.24) is 10.9 Å². The van der Waals surface area contributed by atoms with Gasteiger partial charge in [-0.05, 0) is 28.8 Å². The molecule has 0 radical (unpaired) electrons. The molecule has 3 rings (SSSR count). The van der Waals surface area contributed by atoms with E-state index >= 15 is 0 Å². The van der Waals surface area contributed by atoms with E-state index in [1.807, 2.05) is 54.6 Å². The van der Waals surface area contributed by atoms with Crippen molar-refractivity contribution in [2.24, 2.45) is 0 Å². The lowest BCUT2D eigenvalue weighted by atomic mass is 10.0. The van der Waals surface area contributed by atoms with Crippen molar-refractivity contribution in [2.75, 3.05) is 6.61 Å². The third kappa shape index (κ3) is 5.75. The van der Waals surface area contributed by atoms with Crippen molar-refractivity contribution < 1.29 is 23.5 Å². The van der Waals surface area contributed by atoms with E-state index in [-0.39, 0.29) is 12.0 Å². The maximum Gasteiger partial charge on any atom is 0.310 e. The zero-order valence-corrected chi connectivity index (χ0v) is 15.9. The molecular weight excluding hydrogens is 387 g/mol. The molecule has 0 aliphatic carbocycles. The van der Waals surface area contributed by atoms with Crippen molar-refractivity contribution in [3.8, 4) is 11.1 Å². The predicted octanol–water partition coefficient (Wildman–Crippen LogP) is 3.04. The summed E-state index contributed by atoms with van der Waals surface area (Å²) in [5.74, 6) is -2.86. The Morgan fingerprint density at radius 2 is 1.40 bits per heavy atom. The second-order valence-electron chi connectivity index (χ2n) is 6.38. The second-order valence-corrected chi connectivity index (χ2v) is 6.38. The number of halogens is 1. The molecule has 0 saturated heterocycles. The number of hydrazine groups is 1. The van der Waals surface area contributed by atoms with Crippen molar-refractivity contribution in [3.05, 3.63) is 95.8 Å². The summed E-state index contributed by atoms with van der Waals surface area (Å²) in [5, 5.41) is 0. The molecule has 0 fully saturated rings. The Morgan fingerprint density at radius 1 is 0.767 bits per heavy atom. The van der Waals surface area contributed by atoms with Crippen LogP contribution in [0.2, 0.25) is 0 Å². The number of benzene rings is 3. The third-order valence-corrected chi connectivity index (χ3v) is 4.21. The molecule has 0 aliphatic rings. The highest BCUT2D eigenvalue weighted by Crippen LogP contribution is 2.19. The summed E-state index contributed by atoms with van der Waals surface area (Å²) in [5.41, 5.74) is 6.76. The molecule has 0 heterocycles. The maximum atomic E-state index is 13.5. The summed E-state index contributed by atoms with van der Waals surface area (Å²) in [6, 6.07) is 22.6. The molecule has 0 bridgehead atoms. The van der Waals surface area contributed by atoms with Crippen LogP contribution < -0.4 is 10.9 Å². The molecule has 0 unspecified atom stereocenters. The zero-order valence-electron chi connectivity index (χ0n) is 15.9. The van der Waals surface area contributed by atoms with Crippen molar-refractivity contribution in [1.29, 1.82) is 0 Å². The van der Waals surface area contributed by atoms with Crippen LogP contribution in [-0.2, 0) is 20.7 Å². The van der Waals surface area contributed by atoms with E-state index in [1.54, 1.807) is 0 Å². The minimum Gasteiger partial charge on any atom is -0.455 e. The Hall–Kier alpha value is -4.00. The van der Waals surface area contributed by atoms with Crippen LogP contribution in [0.5, 0.6) is 0 Å². The Bertz CT molecular complexity index is 1040. The maximum absolute atomic E-state index is 13.5. The van der Waals surface area contributed by atoms with Gasteiger partial charge < -0.3 is 4.74 Å². The van der Waals surface area contributed by atoms with E-state index in [9.17, 15) is 18.8 Å². The average Bonchev–Trinajstić information content (AvgIpc) is 2.77. The van der Waals surface area contributed by atoms with Crippen LogP contribution in [0.3, 0.4) is 0 Å². The van der Waals surface area contributed by atoms with Crippen LogP contribution in [0.15, 0.2) is 78.9 Å². The number of hydrogen-bond donors (Lipinski definition) is 2. The van der Waals surface area contributed by atoms with E-state index < -0.39 is 30.2 Å². The van der Waals surface area contributed by atoms with E-state index in [1.165, 1.54) is 18.2 Å². The first-order chi connectivity index (χ1) is 14.5. The molecule has 7 heteroatoms. The van der Waals surface area contributed by atoms with Gasteiger partial charge >= 0.3 is 5.97 Å². The number of hydrogen-bond acceptors (Lipinski definition) is 4. The van der Waals surface area contributed by atoms with E-state index in [4.69, 9.17) is 4.74 Å². The van der Waals surface area contributed by atoms with Gasteiger partial charge in [-0.25, -0.2) is 4.39 Å². The normalized spacial score (nSPS) is 10.2.